The Hall–Kier alpha value is -2.57. The van der Waals surface area contributed by atoms with Crippen molar-refractivity contribution in [1.82, 2.24) is 10.2 Å². The summed E-state index contributed by atoms with van der Waals surface area (Å²) >= 11 is 12.7. The van der Waals surface area contributed by atoms with E-state index < -0.39 is 12.0 Å². The quantitative estimate of drug-likeness (QED) is 0.500. The topological polar surface area (TPSA) is 75.7 Å². The van der Waals surface area contributed by atoms with Gasteiger partial charge in [-0.2, -0.15) is 0 Å². The molecule has 0 spiro atoms. The summed E-state index contributed by atoms with van der Waals surface area (Å²) in [5, 5.41) is 4.39. The summed E-state index contributed by atoms with van der Waals surface area (Å²) in [4.78, 5) is 38.8. The number of carbonyl (C=O) groups excluding carboxylic acids is 3. The normalized spacial score (nSPS) is 20.2. The third-order valence-electron chi connectivity index (χ3n) is 5.92. The SMILES string of the molecule is COC(=O)C1C=C2NC(CC(C)(C)CC(C)=O)=CC(c3ccc(Cl)cc3Cl)N(C(C)=O)C2=CC1. The van der Waals surface area contributed by atoms with Crippen molar-refractivity contribution in [1.29, 1.82) is 0 Å². The molecule has 2 atom stereocenters. The van der Waals surface area contributed by atoms with Gasteiger partial charge in [-0.1, -0.05) is 49.2 Å². The van der Waals surface area contributed by atoms with Crippen molar-refractivity contribution >= 4 is 40.9 Å². The van der Waals surface area contributed by atoms with Crippen LogP contribution in [-0.2, 0) is 19.1 Å². The molecule has 0 radical (unpaired) electrons. The van der Waals surface area contributed by atoms with Gasteiger partial charge in [-0.3, -0.25) is 14.5 Å². The van der Waals surface area contributed by atoms with Crippen LogP contribution in [0.15, 0.2) is 53.5 Å². The van der Waals surface area contributed by atoms with E-state index >= 15 is 0 Å². The van der Waals surface area contributed by atoms with Gasteiger partial charge >= 0.3 is 5.97 Å². The number of amides is 1. The Kier molecular flexibility index (Phi) is 7.94. The fraction of sp³-hybridized carbons (Fsp3) is 0.423. The van der Waals surface area contributed by atoms with Crippen LogP contribution in [0.2, 0.25) is 10.0 Å². The van der Waals surface area contributed by atoms with Gasteiger partial charge in [-0.05, 0) is 55.0 Å². The van der Waals surface area contributed by atoms with Crippen LogP contribution in [0.4, 0.5) is 0 Å². The zero-order valence-corrected chi connectivity index (χ0v) is 21.6. The molecule has 0 fully saturated rings. The van der Waals surface area contributed by atoms with E-state index in [-0.39, 0.29) is 23.1 Å². The molecule has 1 amide bonds. The summed E-state index contributed by atoms with van der Waals surface area (Å²) in [6, 6.07) is 4.70. The Labute approximate surface area is 210 Å². The van der Waals surface area contributed by atoms with Crippen LogP contribution in [0.1, 0.15) is 58.6 Å². The minimum Gasteiger partial charge on any atom is -0.469 e. The molecule has 2 unspecified atom stereocenters. The molecular weight excluding hydrogens is 475 g/mol. The van der Waals surface area contributed by atoms with Crippen LogP contribution in [0.25, 0.3) is 0 Å². The number of nitrogens with zero attached hydrogens (tertiary/aromatic N) is 1. The predicted molar refractivity (Wildman–Crippen MR) is 133 cm³/mol. The molecule has 1 heterocycles. The molecule has 1 aliphatic heterocycles. The number of benzene rings is 1. The highest BCUT2D eigenvalue weighted by Crippen LogP contribution is 2.41. The van der Waals surface area contributed by atoms with Gasteiger partial charge in [0.25, 0.3) is 0 Å². The van der Waals surface area contributed by atoms with Crippen molar-refractivity contribution in [3.63, 3.8) is 0 Å². The molecule has 2 aliphatic rings. The molecule has 3 rings (SSSR count). The maximum absolute atomic E-state index is 13.0. The lowest BCUT2D eigenvalue weighted by atomic mass is 9.82. The van der Waals surface area contributed by atoms with E-state index in [0.717, 1.165) is 11.3 Å². The van der Waals surface area contributed by atoms with Gasteiger partial charge in [0, 0.05) is 29.1 Å². The lowest BCUT2D eigenvalue weighted by molar-refractivity contribution is -0.143. The van der Waals surface area contributed by atoms with E-state index in [4.69, 9.17) is 27.9 Å². The van der Waals surface area contributed by atoms with Crippen molar-refractivity contribution in [3.8, 4) is 0 Å². The minimum atomic E-state index is -0.510. The maximum atomic E-state index is 13.0. The molecule has 8 heteroatoms. The third-order valence-corrected chi connectivity index (χ3v) is 6.48. The van der Waals surface area contributed by atoms with Gasteiger partial charge in [-0.15, -0.1) is 0 Å². The van der Waals surface area contributed by atoms with E-state index in [0.29, 0.717) is 40.7 Å². The number of hydrogen-bond donors (Lipinski definition) is 1. The number of rotatable bonds is 6. The Morgan fingerprint density at radius 1 is 1.18 bits per heavy atom. The first-order valence-electron chi connectivity index (χ1n) is 11.1. The summed E-state index contributed by atoms with van der Waals surface area (Å²) in [5.74, 6) is -0.882. The molecule has 1 aromatic carbocycles. The van der Waals surface area contributed by atoms with E-state index in [1.54, 1.807) is 30.0 Å². The molecule has 1 aromatic rings. The lowest BCUT2D eigenvalue weighted by Gasteiger charge is -2.33. The van der Waals surface area contributed by atoms with Crippen LogP contribution in [0, 0.1) is 11.3 Å². The van der Waals surface area contributed by atoms with Gasteiger partial charge in [0.05, 0.1) is 30.5 Å². The number of ketones is 1. The lowest BCUT2D eigenvalue weighted by Crippen LogP contribution is -2.34. The molecule has 1 aliphatic carbocycles. The first-order chi connectivity index (χ1) is 15.9. The van der Waals surface area contributed by atoms with Crippen LogP contribution < -0.4 is 5.32 Å². The number of hydrogen-bond acceptors (Lipinski definition) is 5. The number of methoxy groups -OCH3 is 1. The monoisotopic (exact) mass is 504 g/mol. The second kappa shape index (κ2) is 10.4. The summed E-state index contributed by atoms with van der Waals surface area (Å²) in [6.07, 6.45) is 7.00. The number of allylic oxidation sites excluding steroid dienone is 2. The largest absolute Gasteiger partial charge is 0.469 e. The molecule has 0 saturated heterocycles. The van der Waals surface area contributed by atoms with Gasteiger partial charge in [0.15, 0.2) is 0 Å². The van der Waals surface area contributed by atoms with Crippen LogP contribution in [0.5, 0.6) is 0 Å². The van der Waals surface area contributed by atoms with Crippen LogP contribution >= 0.6 is 23.2 Å². The van der Waals surface area contributed by atoms with E-state index in [1.807, 2.05) is 32.1 Å². The second-order valence-electron chi connectivity index (χ2n) is 9.57. The van der Waals surface area contributed by atoms with Crippen molar-refractivity contribution < 1.29 is 19.1 Å². The molecule has 6 nitrogen and oxygen atoms in total. The highest BCUT2D eigenvalue weighted by Gasteiger charge is 2.35. The van der Waals surface area contributed by atoms with Crippen molar-refractivity contribution in [2.24, 2.45) is 11.3 Å². The molecule has 0 bridgehead atoms. The molecule has 34 heavy (non-hydrogen) atoms. The Morgan fingerprint density at radius 2 is 1.88 bits per heavy atom. The standard InChI is InChI=1S/C26H30Cl2N2O4/c1-15(31)13-26(3,4)14-19-12-24(20-8-7-18(27)11-21(20)28)30(16(2)32)23-9-6-17(25(33)34-5)10-22(23)29-19/h7-12,17,24,29H,6,13-14H2,1-5H3. The number of ether oxygens (including phenoxy) is 1. The summed E-state index contributed by atoms with van der Waals surface area (Å²) in [5.41, 5.74) is 2.54. The Balaban J connectivity index is 2.16. The van der Waals surface area contributed by atoms with Gasteiger partial charge in [0.2, 0.25) is 5.91 Å². The Morgan fingerprint density at radius 3 is 2.47 bits per heavy atom. The van der Waals surface area contributed by atoms with Gasteiger partial charge in [-0.25, -0.2) is 0 Å². The van der Waals surface area contributed by atoms with Crippen LogP contribution in [-0.4, -0.2) is 29.7 Å². The highest BCUT2D eigenvalue weighted by molar-refractivity contribution is 6.35. The van der Waals surface area contributed by atoms with Crippen LogP contribution in [0.3, 0.4) is 0 Å². The maximum Gasteiger partial charge on any atom is 0.312 e. The first kappa shape index (κ1) is 26.0. The van der Waals surface area contributed by atoms with Gasteiger partial charge in [0.1, 0.15) is 5.78 Å². The molecule has 0 aromatic heterocycles. The highest BCUT2D eigenvalue weighted by atomic mass is 35.5. The fourth-order valence-electron chi connectivity index (χ4n) is 4.67. The summed E-state index contributed by atoms with van der Waals surface area (Å²) in [6.45, 7) is 7.13. The van der Waals surface area contributed by atoms with E-state index in [2.05, 4.69) is 5.32 Å². The Bertz CT molecular complexity index is 1100. The molecule has 182 valence electrons. The first-order valence-corrected chi connectivity index (χ1v) is 11.9. The number of fused-ring (bicyclic) bond motifs is 1. The number of carbonyl (C=O) groups is 3. The number of nitrogens with one attached hydrogen (secondary N) is 1. The third kappa shape index (κ3) is 5.91. The smallest absolute Gasteiger partial charge is 0.312 e. The minimum absolute atomic E-state index is 0.102. The number of Topliss-reactive ketones (excluding diaryl/α,β-unsaturated/α-hetero) is 1. The zero-order valence-electron chi connectivity index (χ0n) is 20.1. The zero-order chi connectivity index (χ0) is 25.2. The summed E-state index contributed by atoms with van der Waals surface area (Å²) in [7, 11) is 1.36. The second-order valence-corrected chi connectivity index (χ2v) is 10.4. The average molecular weight is 505 g/mol. The van der Waals surface area contributed by atoms with Gasteiger partial charge < -0.3 is 14.8 Å². The molecule has 0 saturated carbocycles. The number of esters is 1. The number of halogens is 2. The average Bonchev–Trinajstić information content (AvgIpc) is 2.87. The van der Waals surface area contributed by atoms with E-state index in [1.165, 1.54) is 14.0 Å². The van der Waals surface area contributed by atoms with Crippen molar-refractivity contribution in [2.75, 3.05) is 7.11 Å². The summed E-state index contributed by atoms with van der Waals surface area (Å²) < 4.78 is 4.94. The van der Waals surface area contributed by atoms with Crippen molar-refractivity contribution in [3.05, 3.63) is 69.1 Å². The van der Waals surface area contributed by atoms with E-state index in [9.17, 15) is 14.4 Å². The fourth-order valence-corrected chi connectivity index (χ4v) is 5.19. The predicted octanol–water partition coefficient (Wildman–Crippen LogP) is 5.73. The molecule has 1 N–H and O–H groups in total. The van der Waals surface area contributed by atoms with Crippen molar-refractivity contribution in [2.45, 2.75) is 53.0 Å². The molecular formula is C26H30Cl2N2O4.